The number of nitrogens with one attached hydrogen (secondary N) is 1. The van der Waals surface area contributed by atoms with Crippen LogP contribution < -0.4 is 19.5 Å². The fraction of sp³-hybridized carbons (Fsp3) is 0.548. The van der Waals surface area contributed by atoms with Crippen LogP contribution in [0.5, 0.6) is 17.2 Å². The van der Waals surface area contributed by atoms with Gasteiger partial charge in [0, 0.05) is 48.6 Å². The van der Waals surface area contributed by atoms with Gasteiger partial charge in [-0.3, -0.25) is 9.78 Å². The molecular weight excluding hydrogens is 678 g/mol. The molecule has 0 bridgehead atoms. The van der Waals surface area contributed by atoms with E-state index < -0.39 is 11.5 Å². The Bertz CT molecular complexity index is 1810. The highest BCUT2D eigenvalue weighted by Crippen LogP contribution is 2.58. The van der Waals surface area contributed by atoms with Crippen LogP contribution in [0.2, 0.25) is 5.02 Å². The van der Waals surface area contributed by atoms with Gasteiger partial charge >= 0.3 is 5.97 Å². The van der Waals surface area contributed by atoms with E-state index in [1.165, 1.54) is 28.8 Å². The SMILES string of the molecule is CC(=O)N(C)C[C@@H]1CCOc2cc3c(cc2O1)C[C@H](C[C@@H](C)COc1ccnc2c1[C@H](C)CCC2)C31CCC(Nc2cccc(Cl)c2)(C(=O)O)CC1. The van der Waals surface area contributed by atoms with Gasteiger partial charge in [0.2, 0.25) is 5.91 Å². The summed E-state index contributed by atoms with van der Waals surface area (Å²) < 4.78 is 19.5. The highest BCUT2D eigenvalue weighted by Gasteiger charge is 2.54. The van der Waals surface area contributed by atoms with Crippen LogP contribution >= 0.6 is 11.6 Å². The number of anilines is 1. The van der Waals surface area contributed by atoms with Gasteiger partial charge in [-0.1, -0.05) is 31.5 Å². The maximum atomic E-state index is 13.0. The third kappa shape index (κ3) is 7.17. The first-order valence-corrected chi connectivity index (χ1v) is 19.4. The Balaban J connectivity index is 1.16. The average Bonchev–Trinajstić information content (AvgIpc) is 3.23. The average molecular weight is 730 g/mol. The number of carboxylic acid groups (broad SMARTS) is 1. The van der Waals surface area contributed by atoms with Crippen LogP contribution in [0.15, 0.2) is 48.7 Å². The lowest BCUT2D eigenvalue weighted by atomic mass is 9.59. The van der Waals surface area contributed by atoms with Crippen LogP contribution in [0.25, 0.3) is 0 Å². The number of carbonyl (C=O) groups excluding carboxylic acids is 1. The second-order valence-corrected chi connectivity index (χ2v) is 16.4. The number of nitrogens with zero attached hydrogens (tertiary/aromatic N) is 2. The van der Waals surface area contributed by atoms with Crippen molar-refractivity contribution < 1.29 is 28.9 Å². The summed E-state index contributed by atoms with van der Waals surface area (Å²) >= 11 is 6.29. The Morgan fingerprint density at radius 2 is 1.94 bits per heavy atom. The van der Waals surface area contributed by atoms with Crippen molar-refractivity contribution in [3.8, 4) is 17.2 Å². The largest absolute Gasteiger partial charge is 0.493 e. The number of pyridine rings is 1. The second-order valence-electron chi connectivity index (χ2n) is 15.9. The van der Waals surface area contributed by atoms with Crippen molar-refractivity contribution in [2.75, 3.05) is 32.1 Å². The Morgan fingerprint density at radius 3 is 2.69 bits per heavy atom. The molecule has 278 valence electrons. The van der Waals surface area contributed by atoms with Crippen molar-refractivity contribution >= 4 is 29.2 Å². The van der Waals surface area contributed by atoms with E-state index in [-0.39, 0.29) is 29.3 Å². The number of carbonyl (C=O) groups is 2. The van der Waals surface area contributed by atoms with Gasteiger partial charge in [-0.05, 0) is 128 Å². The molecule has 4 atom stereocenters. The van der Waals surface area contributed by atoms with Crippen LogP contribution in [0.4, 0.5) is 5.69 Å². The number of halogens is 1. The van der Waals surface area contributed by atoms with E-state index in [1.807, 2.05) is 24.4 Å². The molecule has 1 fully saturated rings. The zero-order chi connectivity index (χ0) is 36.6. The van der Waals surface area contributed by atoms with Gasteiger partial charge in [0.1, 0.15) is 17.4 Å². The number of likely N-dealkylation sites (N-methyl/N-ethyl adjacent to an activating group) is 1. The number of rotatable bonds is 10. The highest BCUT2D eigenvalue weighted by molar-refractivity contribution is 6.30. The van der Waals surface area contributed by atoms with Crippen molar-refractivity contribution in [3.05, 3.63) is 76.1 Å². The summed E-state index contributed by atoms with van der Waals surface area (Å²) in [5.41, 5.74) is 4.33. The van der Waals surface area contributed by atoms with Crippen LogP contribution in [-0.2, 0) is 27.8 Å². The molecule has 10 heteroatoms. The molecule has 9 nitrogen and oxygen atoms in total. The summed E-state index contributed by atoms with van der Waals surface area (Å²) in [5, 5.41) is 14.6. The van der Waals surface area contributed by atoms with E-state index in [0.29, 0.717) is 55.6 Å². The van der Waals surface area contributed by atoms with Gasteiger partial charge in [0.05, 0.1) is 19.8 Å². The van der Waals surface area contributed by atoms with E-state index in [1.54, 1.807) is 31.0 Å². The lowest BCUT2D eigenvalue weighted by Crippen LogP contribution is -2.53. The zero-order valence-electron chi connectivity index (χ0n) is 30.9. The van der Waals surface area contributed by atoms with E-state index in [9.17, 15) is 14.7 Å². The van der Waals surface area contributed by atoms with E-state index in [2.05, 4.69) is 36.3 Å². The summed E-state index contributed by atoms with van der Waals surface area (Å²) in [5.74, 6) is 2.58. The van der Waals surface area contributed by atoms with Gasteiger partial charge in [-0.25, -0.2) is 4.79 Å². The summed E-state index contributed by atoms with van der Waals surface area (Å²) in [4.78, 5) is 31.4. The molecule has 3 aliphatic carbocycles. The maximum Gasteiger partial charge on any atom is 0.329 e. The number of aromatic nitrogens is 1. The first-order chi connectivity index (χ1) is 25.0. The number of aliphatic carboxylic acids is 1. The number of benzene rings is 2. The topological polar surface area (TPSA) is 110 Å². The Hall–Kier alpha value is -3.98. The predicted molar refractivity (Wildman–Crippen MR) is 202 cm³/mol. The third-order valence-corrected chi connectivity index (χ3v) is 12.6. The third-order valence-electron chi connectivity index (χ3n) is 12.4. The van der Waals surface area contributed by atoms with Crippen LogP contribution in [0, 0.1) is 11.8 Å². The van der Waals surface area contributed by atoms with Gasteiger partial charge in [-0.2, -0.15) is 0 Å². The Labute approximate surface area is 312 Å². The monoisotopic (exact) mass is 729 g/mol. The molecule has 4 aliphatic rings. The van der Waals surface area contributed by atoms with Crippen molar-refractivity contribution in [3.63, 3.8) is 0 Å². The molecule has 3 aromatic rings. The Kier molecular flexibility index (Phi) is 10.4. The summed E-state index contributed by atoms with van der Waals surface area (Å²) in [6.07, 6.45) is 9.93. The molecule has 2 aromatic carbocycles. The number of aryl methyl sites for hydroxylation is 1. The molecule has 7 rings (SSSR count). The number of fused-ring (bicyclic) bond motifs is 4. The van der Waals surface area contributed by atoms with Crippen molar-refractivity contribution in [2.24, 2.45) is 11.8 Å². The van der Waals surface area contributed by atoms with Crippen LogP contribution in [0.3, 0.4) is 0 Å². The maximum absolute atomic E-state index is 13.0. The minimum atomic E-state index is -1.10. The number of hydrogen-bond acceptors (Lipinski definition) is 7. The summed E-state index contributed by atoms with van der Waals surface area (Å²) in [7, 11) is 1.80. The van der Waals surface area contributed by atoms with E-state index in [0.717, 1.165) is 55.8 Å². The van der Waals surface area contributed by atoms with Crippen LogP contribution in [0.1, 0.15) is 100 Å². The lowest BCUT2D eigenvalue weighted by Gasteiger charge is -2.47. The zero-order valence-corrected chi connectivity index (χ0v) is 31.6. The molecule has 0 radical (unpaired) electrons. The van der Waals surface area contributed by atoms with Crippen LogP contribution in [-0.4, -0.2) is 65.3 Å². The molecule has 1 aliphatic heterocycles. The van der Waals surface area contributed by atoms with Gasteiger partial charge in [-0.15, -0.1) is 0 Å². The molecular formula is C42H52ClN3O6. The quantitative estimate of drug-likeness (QED) is 0.215. The lowest BCUT2D eigenvalue weighted by molar-refractivity contribution is -0.144. The minimum Gasteiger partial charge on any atom is -0.493 e. The molecule has 0 saturated heterocycles. The highest BCUT2D eigenvalue weighted by atomic mass is 35.5. The predicted octanol–water partition coefficient (Wildman–Crippen LogP) is 8.21. The van der Waals surface area contributed by atoms with Crippen molar-refractivity contribution in [2.45, 2.75) is 108 Å². The molecule has 1 saturated carbocycles. The molecule has 0 unspecified atom stereocenters. The second kappa shape index (κ2) is 14.8. The fourth-order valence-electron chi connectivity index (χ4n) is 9.42. The number of carboxylic acids is 1. The fourth-order valence-corrected chi connectivity index (χ4v) is 9.61. The smallest absolute Gasteiger partial charge is 0.329 e. The van der Waals surface area contributed by atoms with E-state index in [4.69, 9.17) is 25.8 Å². The first-order valence-electron chi connectivity index (χ1n) is 19.0. The summed E-state index contributed by atoms with van der Waals surface area (Å²) in [6, 6.07) is 13.7. The molecule has 1 spiro atoms. The van der Waals surface area contributed by atoms with E-state index >= 15 is 0 Å². The normalized spacial score (nSPS) is 26.8. The standard InChI is InChI=1S/C42H52ClN3O6/c1-26(25-51-36-11-17-44-35-10-5-7-27(2)39(35)36)19-30-20-29-21-38-37(50-18-12-33(52-38)24-46(4)28(3)47)23-34(29)41(30)13-15-42(16-14-41,40(48)49)45-32-9-6-8-31(43)22-32/h6,8-9,11,17,21-23,26-27,30,33,45H,5,7,10,12-16,18-20,24-25H2,1-4H3,(H,48,49)/t26-,27-,30+,33+,41?,42?/m1/s1. The number of ether oxygens (including phenoxy) is 3. The van der Waals surface area contributed by atoms with Crippen molar-refractivity contribution in [1.82, 2.24) is 9.88 Å². The molecule has 2 heterocycles. The molecule has 2 N–H and O–H groups in total. The first kappa shape index (κ1) is 36.4. The van der Waals surface area contributed by atoms with Crippen molar-refractivity contribution in [1.29, 1.82) is 0 Å². The van der Waals surface area contributed by atoms with Gasteiger partial charge in [0.15, 0.2) is 11.5 Å². The van der Waals surface area contributed by atoms with Gasteiger partial charge in [0.25, 0.3) is 0 Å². The number of amides is 1. The summed E-state index contributed by atoms with van der Waals surface area (Å²) in [6.45, 7) is 7.71. The minimum absolute atomic E-state index is 0.00346. The molecule has 1 amide bonds. The Morgan fingerprint density at radius 1 is 1.13 bits per heavy atom. The molecule has 52 heavy (non-hydrogen) atoms. The van der Waals surface area contributed by atoms with Gasteiger partial charge < -0.3 is 29.5 Å². The molecule has 1 aromatic heterocycles. The number of hydrogen-bond donors (Lipinski definition) is 2.